The molecular weight excluding hydrogens is 465 g/mol. The van der Waals surface area contributed by atoms with Crippen LogP contribution < -0.4 is 15.6 Å². The van der Waals surface area contributed by atoms with Crippen LogP contribution in [-0.4, -0.2) is 22.5 Å². The zero-order valence-electron chi connectivity index (χ0n) is 15.6. The van der Waals surface area contributed by atoms with E-state index >= 15 is 0 Å². The first-order chi connectivity index (χ1) is 14.2. The molecular formula is C20H16BrF3N4O2. The van der Waals surface area contributed by atoms with Crippen LogP contribution in [0.15, 0.2) is 51.7 Å². The van der Waals surface area contributed by atoms with Crippen LogP contribution in [0.4, 0.5) is 24.7 Å². The van der Waals surface area contributed by atoms with Crippen LogP contribution in [0, 0.1) is 12.3 Å². The van der Waals surface area contributed by atoms with Crippen molar-refractivity contribution in [2.45, 2.75) is 19.7 Å². The van der Waals surface area contributed by atoms with Crippen molar-refractivity contribution in [3.63, 3.8) is 0 Å². The predicted octanol–water partition coefficient (Wildman–Crippen LogP) is 5.07. The first kappa shape index (κ1) is 21.6. The fraction of sp³-hybridized carbons (Fsp3) is 0.150. The van der Waals surface area contributed by atoms with Crippen LogP contribution in [0.1, 0.15) is 22.5 Å². The Kier molecular flexibility index (Phi) is 6.25. The van der Waals surface area contributed by atoms with Crippen LogP contribution in [0.25, 0.3) is 0 Å². The summed E-state index contributed by atoms with van der Waals surface area (Å²) in [6.07, 6.45) is -4.09. The van der Waals surface area contributed by atoms with Gasteiger partial charge < -0.3 is 20.4 Å². The third-order valence-corrected chi connectivity index (χ3v) is 4.77. The van der Waals surface area contributed by atoms with Gasteiger partial charge in [-0.1, -0.05) is 24.3 Å². The topological polar surface area (TPSA) is 90.9 Å². The van der Waals surface area contributed by atoms with E-state index in [9.17, 15) is 18.0 Å². The highest BCUT2D eigenvalue weighted by molar-refractivity contribution is 9.10. The van der Waals surface area contributed by atoms with Gasteiger partial charge in [-0.2, -0.15) is 0 Å². The second-order valence-electron chi connectivity index (χ2n) is 6.36. The number of aromatic amines is 1. The molecule has 6 nitrogen and oxygen atoms in total. The number of rotatable bonds is 6. The highest BCUT2D eigenvalue weighted by Crippen LogP contribution is 2.29. The zero-order valence-corrected chi connectivity index (χ0v) is 17.2. The Labute approximate surface area is 177 Å². The molecule has 0 aliphatic heterocycles. The number of anilines is 2. The summed E-state index contributed by atoms with van der Waals surface area (Å²) < 4.78 is 42.8. The third kappa shape index (κ3) is 5.26. The summed E-state index contributed by atoms with van der Waals surface area (Å²) in [6, 6.07) is 11.2. The smallest absolute Gasteiger partial charge is 0.405 e. The zero-order chi connectivity index (χ0) is 21.9. The molecule has 0 saturated heterocycles. The summed E-state index contributed by atoms with van der Waals surface area (Å²) in [5.74, 6) is -0.140. The molecule has 10 heteroatoms. The number of alkyl halides is 3. The Hall–Kier alpha value is -3.14. The van der Waals surface area contributed by atoms with Crippen molar-refractivity contribution in [2.75, 3.05) is 5.32 Å². The normalized spacial score (nSPS) is 11.2. The van der Waals surface area contributed by atoms with Gasteiger partial charge in [0.25, 0.3) is 5.56 Å². The Balaban J connectivity index is 1.99. The van der Waals surface area contributed by atoms with Gasteiger partial charge in [0.1, 0.15) is 17.4 Å². The number of aryl methyl sites for hydroxylation is 1. The molecule has 1 aromatic heterocycles. The van der Waals surface area contributed by atoms with Crippen LogP contribution in [0.5, 0.6) is 5.75 Å². The maximum atomic E-state index is 12.7. The van der Waals surface area contributed by atoms with Crippen molar-refractivity contribution in [1.29, 1.82) is 5.41 Å². The van der Waals surface area contributed by atoms with Gasteiger partial charge in [-0.15, -0.1) is 13.2 Å². The minimum atomic E-state index is -4.84. The largest absolute Gasteiger partial charge is 0.573 e. The van der Waals surface area contributed by atoms with Crippen molar-refractivity contribution < 1.29 is 17.9 Å². The van der Waals surface area contributed by atoms with E-state index in [1.54, 1.807) is 6.07 Å². The fourth-order valence-corrected chi connectivity index (χ4v) is 3.10. The molecule has 0 spiro atoms. The number of nitrogens with one attached hydrogen (secondary N) is 3. The molecule has 0 radical (unpaired) electrons. The molecule has 0 amide bonds. The van der Waals surface area contributed by atoms with Crippen molar-refractivity contribution in [2.24, 2.45) is 0 Å². The van der Waals surface area contributed by atoms with Gasteiger partial charge >= 0.3 is 6.36 Å². The van der Waals surface area contributed by atoms with Crippen molar-refractivity contribution in [3.8, 4) is 5.75 Å². The van der Waals surface area contributed by atoms with Crippen molar-refractivity contribution in [1.82, 2.24) is 9.97 Å². The number of hydrogen-bond acceptors (Lipinski definition) is 5. The lowest BCUT2D eigenvalue weighted by molar-refractivity contribution is -0.274. The Bertz CT molecular complexity index is 1150. The quantitative estimate of drug-likeness (QED) is 0.429. The molecule has 0 atom stereocenters. The van der Waals surface area contributed by atoms with E-state index in [0.29, 0.717) is 5.69 Å². The number of ether oxygens (including phenoxy) is 1. The third-order valence-electron chi connectivity index (χ3n) is 4.08. The predicted molar refractivity (Wildman–Crippen MR) is 111 cm³/mol. The van der Waals surface area contributed by atoms with E-state index < -0.39 is 11.9 Å². The van der Waals surface area contributed by atoms with Gasteiger partial charge in [-0.3, -0.25) is 4.79 Å². The summed E-state index contributed by atoms with van der Waals surface area (Å²) >= 11 is 3.41. The van der Waals surface area contributed by atoms with Gasteiger partial charge in [0.2, 0.25) is 0 Å². The lowest BCUT2D eigenvalue weighted by atomic mass is 10.1. The number of aromatic nitrogens is 2. The SMILES string of the molecule is Cc1ccc(Br)c(Nc2nc(Cc3ccccc3OC(F)(F)F)[nH]c(=O)c2C=N)c1. The molecule has 0 fully saturated rings. The van der Waals surface area contributed by atoms with Gasteiger partial charge in [0.05, 0.1) is 11.3 Å². The van der Waals surface area contributed by atoms with E-state index in [2.05, 4.69) is 36.0 Å². The van der Waals surface area contributed by atoms with E-state index in [0.717, 1.165) is 16.3 Å². The maximum absolute atomic E-state index is 12.7. The number of halogens is 4. The highest BCUT2D eigenvalue weighted by atomic mass is 79.9. The monoisotopic (exact) mass is 480 g/mol. The molecule has 0 saturated carbocycles. The van der Waals surface area contributed by atoms with Gasteiger partial charge in [-0.25, -0.2) is 4.98 Å². The summed E-state index contributed by atoms with van der Waals surface area (Å²) in [5.41, 5.74) is 1.19. The standard InChI is InChI=1S/C20H16BrF3N4O2/c1-11-6-7-14(21)15(8-11)26-18-13(10-25)19(29)28-17(27-18)9-12-4-2-3-5-16(12)30-20(22,23)24/h2-8,10,25H,9H2,1H3,(H2,26,27,28,29). The molecule has 1 heterocycles. The van der Waals surface area contributed by atoms with Crippen molar-refractivity contribution >= 4 is 33.6 Å². The molecule has 0 aliphatic carbocycles. The van der Waals surface area contributed by atoms with E-state index in [-0.39, 0.29) is 34.9 Å². The number of nitrogens with zero attached hydrogens (tertiary/aromatic N) is 1. The number of H-pyrrole nitrogens is 1. The molecule has 2 aromatic carbocycles. The van der Waals surface area contributed by atoms with E-state index in [1.165, 1.54) is 18.2 Å². The maximum Gasteiger partial charge on any atom is 0.573 e. The molecule has 156 valence electrons. The van der Waals surface area contributed by atoms with Gasteiger partial charge in [-0.05, 0) is 46.6 Å². The summed E-state index contributed by atoms with van der Waals surface area (Å²) in [5, 5.41) is 10.5. The molecule has 0 unspecified atom stereocenters. The minimum Gasteiger partial charge on any atom is -0.405 e. The van der Waals surface area contributed by atoms with Crippen LogP contribution >= 0.6 is 15.9 Å². The highest BCUT2D eigenvalue weighted by Gasteiger charge is 2.32. The Morgan fingerprint density at radius 2 is 2.00 bits per heavy atom. The molecule has 3 N–H and O–H groups in total. The number of para-hydroxylation sites is 1. The fourth-order valence-electron chi connectivity index (χ4n) is 2.76. The van der Waals surface area contributed by atoms with Crippen LogP contribution in [0.2, 0.25) is 0 Å². The van der Waals surface area contributed by atoms with Crippen LogP contribution in [0.3, 0.4) is 0 Å². The average molecular weight is 481 g/mol. The second-order valence-corrected chi connectivity index (χ2v) is 7.21. The van der Waals surface area contributed by atoms with E-state index in [4.69, 9.17) is 5.41 Å². The summed E-state index contributed by atoms with van der Waals surface area (Å²) in [7, 11) is 0. The van der Waals surface area contributed by atoms with Gasteiger partial charge in [0.15, 0.2) is 0 Å². The number of hydrogen-bond donors (Lipinski definition) is 3. The lowest BCUT2D eigenvalue weighted by Gasteiger charge is -2.14. The van der Waals surface area contributed by atoms with Crippen molar-refractivity contribution in [3.05, 3.63) is 79.8 Å². The minimum absolute atomic E-state index is 0.00742. The van der Waals surface area contributed by atoms with Crippen LogP contribution in [-0.2, 0) is 6.42 Å². The lowest BCUT2D eigenvalue weighted by Crippen LogP contribution is -2.20. The summed E-state index contributed by atoms with van der Waals surface area (Å²) in [4.78, 5) is 19.3. The number of benzene rings is 2. The Morgan fingerprint density at radius 1 is 1.27 bits per heavy atom. The van der Waals surface area contributed by atoms with E-state index in [1.807, 2.05) is 25.1 Å². The first-order valence-electron chi connectivity index (χ1n) is 8.67. The Morgan fingerprint density at radius 3 is 2.70 bits per heavy atom. The summed E-state index contributed by atoms with van der Waals surface area (Å²) in [6.45, 7) is 1.89. The van der Waals surface area contributed by atoms with Gasteiger partial charge in [0, 0.05) is 22.7 Å². The molecule has 0 bridgehead atoms. The second kappa shape index (κ2) is 8.70. The average Bonchev–Trinajstić information content (AvgIpc) is 2.65. The molecule has 0 aliphatic rings. The molecule has 30 heavy (non-hydrogen) atoms. The molecule has 3 aromatic rings. The first-order valence-corrected chi connectivity index (χ1v) is 9.46. The molecule has 3 rings (SSSR count).